The quantitative estimate of drug-likeness (QED) is 0.793. The lowest BCUT2D eigenvalue weighted by molar-refractivity contribution is 0.0779. The van der Waals surface area contributed by atoms with E-state index in [1.54, 1.807) is 13.1 Å². The van der Waals surface area contributed by atoms with Crippen LogP contribution in [0.15, 0.2) is 42.6 Å². The molecule has 0 atom stereocenters. The summed E-state index contributed by atoms with van der Waals surface area (Å²) in [6.45, 7) is 2.43. The standard InChI is InChI=1S/C15H15FN2O/c1-11-5-3-6-12(9-11)10-18(2)15(19)13-7-4-8-17-14(13)16/h3-9H,10H2,1-2H3. The van der Waals surface area contributed by atoms with Crippen molar-refractivity contribution in [2.24, 2.45) is 0 Å². The van der Waals surface area contributed by atoms with E-state index >= 15 is 0 Å². The molecule has 19 heavy (non-hydrogen) atoms. The van der Waals surface area contributed by atoms with Crippen molar-refractivity contribution in [3.63, 3.8) is 0 Å². The van der Waals surface area contributed by atoms with Gasteiger partial charge in [0.1, 0.15) is 0 Å². The summed E-state index contributed by atoms with van der Waals surface area (Å²) >= 11 is 0. The zero-order valence-corrected chi connectivity index (χ0v) is 10.9. The van der Waals surface area contributed by atoms with Gasteiger partial charge in [-0.25, -0.2) is 4.98 Å². The summed E-state index contributed by atoms with van der Waals surface area (Å²) in [5.74, 6) is -1.10. The molecule has 0 fully saturated rings. The van der Waals surface area contributed by atoms with Gasteiger partial charge in [0.25, 0.3) is 5.91 Å². The maximum Gasteiger partial charge on any atom is 0.258 e. The molecule has 0 bridgehead atoms. The van der Waals surface area contributed by atoms with Crippen LogP contribution in [0.2, 0.25) is 0 Å². The summed E-state index contributed by atoms with van der Waals surface area (Å²) in [6, 6.07) is 10.9. The van der Waals surface area contributed by atoms with E-state index in [9.17, 15) is 9.18 Å². The van der Waals surface area contributed by atoms with Crippen LogP contribution in [0.25, 0.3) is 0 Å². The molecule has 98 valence electrons. The van der Waals surface area contributed by atoms with Gasteiger partial charge < -0.3 is 4.90 Å². The number of benzene rings is 1. The number of halogens is 1. The van der Waals surface area contributed by atoms with Crippen LogP contribution in [0, 0.1) is 12.9 Å². The highest BCUT2D eigenvalue weighted by Crippen LogP contribution is 2.11. The molecule has 2 aromatic rings. The number of hydrogen-bond acceptors (Lipinski definition) is 2. The number of aromatic nitrogens is 1. The largest absolute Gasteiger partial charge is 0.337 e. The molecule has 0 radical (unpaired) electrons. The molecule has 0 spiro atoms. The second kappa shape index (κ2) is 5.61. The maximum atomic E-state index is 13.4. The maximum absolute atomic E-state index is 13.4. The SMILES string of the molecule is Cc1cccc(CN(C)C(=O)c2cccnc2F)c1. The number of hydrogen-bond donors (Lipinski definition) is 0. The number of carbonyl (C=O) groups excluding carboxylic acids is 1. The fraction of sp³-hybridized carbons (Fsp3) is 0.200. The first-order chi connectivity index (χ1) is 9.08. The molecule has 0 aliphatic carbocycles. The monoisotopic (exact) mass is 258 g/mol. The van der Waals surface area contributed by atoms with E-state index in [0.29, 0.717) is 6.54 Å². The van der Waals surface area contributed by atoms with Gasteiger partial charge in [-0.15, -0.1) is 0 Å². The van der Waals surface area contributed by atoms with Crippen molar-refractivity contribution in [3.05, 3.63) is 65.2 Å². The number of amides is 1. The second-order valence-corrected chi connectivity index (χ2v) is 4.49. The van der Waals surface area contributed by atoms with Crippen molar-refractivity contribution in [2.45, 2.75) is 13.5 Å². The molecular formula is C15H15FN2O. The van der Waals surface area contributed by atoms with Crippen molar-refractivity contribution in [2.75, 3.05) is 7.05 Å². The smallest absolute Gasteiger partial charge is 0.258 e. The highest BCUT2D eigenvalue weighted by atomic mass is 19.1. The Balaban J connectivity index is 2.14. The molecule has 0 aliphatic rings. The van der Waals surface area contributed by atoms with Crippen LogP contribution in [0.3, 0.4) is 0 Å². The van der Waals surface area contributed by atoms with Gasteiger partial charge in [0, 0.05) is 19.8 Å². The molecule has 3 nitrogen and oxygen atoms in total. The Morgan fingerprint density at radius 2 is 2.11 bits per heavy atom. The van der Waals surface area contributed by atoms with Crippen molar-refractivity contribution < 1.29 is 9.18 Å². The molecule has 1 heterocycles. The molecule has 2 rings (SSSR count). The van der Waals surface area contributed by atoms with Gasteiger partial charge in [-0.3, -0.25) is 4.79 Å². The molecule has 0 aliphatic heterocycles. The minimum Gasteiger partial charge on any atom is -0.337 e. The van der Waals surface area contributed by atoms with Crippen LogP contribution in [0.1, 0.15) is 21.5 Å². The minimum absolute atomic E-state index is 0.00217. The van der Waals surface area contributed by atoms with Gasteiger partial charge in [-0.1, -0.05) is 29.8 Å². The Morgan fingerprint density at radius 1 is 1.32 bits per heavy atom. The first-order valence-electron chi connectivity index (χ1n) is 5.99. The third-order valence-corrected chi connectivity index (χ3v) is 2.84. The Kier molecular flexibility index (Phi) is 3.90. The lowest BCUT2D eigenvalue weighted by Crippen LogP contribution is -2.27. The Bertz CT molecular complexity index is 598. The summed E-state index contributed by atoms with van der Waals surface area (Å²) in [4.78, 5) is 17.1. The van der Waals surface area contributed by atoms with E-state index < -0.39 is 5.95 Å². The minimum atomic E-state index is -0.733. The number of rotatable bonds is 3. The van der Waals surface area contributed by atoms with Crippen molar-refractivity contribution in [1.82, 2.24) is 9.88 Å². The van der Waals surface area contributed by atoms with Gasteiger partial charge in [-0.2, -0.15) is 4.39 Å². The number of aryl methyl sites for hydroxylation is 1. The predicted octanol–water partition coefficient (Wildman–Crippen LogP) is 2.80. The molecule has 1 aromatic heterocycles. The summed E-state index contributed by atoms with van der Waals surface area (Å²) in [7, 11) is 1.65. The molecule has 0 N–H and O–H groups in total. The topological polar surface area (TPSA) is 33.2 Å². The number of carbonyl (C=O) groups is 1. The van der Waals surface area contributed by atoms with E-state index in [-0.39, 0.29) is 11.5 Å². The van der Waals surface area contributed by atoms with E-state index in [0.717, 1.165) is 11.1 Å². The summed E-state index contributed by atoms with van der Waals surface area (Å²) in [5, 5.41) is 0. The fourth-order valence-corrected chi connectivity index (χ4v) is 1.91. The van der Waals surface area contributed by atoms with E-state index in [4.69, 9.17) is 0 Å². The molecule has 1 amide bonds. The first kappa shape index (κ1) is 13.2. The summed E-state index contributed by atoms with van der Waals surface area (Å²) in [5.41, 5.74) is 2.14. The van der Waals surface area contributed by atoms with Gasteiger partial charge in [0.2, 0.25) is 5.95 Å². The van der Waals surface area contributed by atoms with Gasteiger partial charge in [0.15, 0.2) is 0 Å². The van der Waals surface area contributed by atoms with E-state index in [1.165, 1.54) is 17.2 Å². The van der Waals surface area contributed by atoms with Crippen LogP contribution in [-0.4, -0.2) is 22.8 Å². The highest BCUT2D eigenvalue weighted by molar-refractivity contribution is 5.93. The molecule has 0 unspecified atom stereocenters. The number of nitrogens with zero attached hydrogens (tertiary/aromatic N) is 2. The van der Waals surface area contributed by atoms with Gasteiger partial charge >= 0.3 is 0 Å². The van der Waals surface area contributed by atoms with Crippen LogP contribution >= 0.6 is 0 Å². The Hall–Kier alpha value is -2.23. The van der Waals surface area contributed by atoms with E-state index in [1.807, 2.05) is 31.2 Å². The predicted molar refractivity (Wildman–Crippen MR) is 71.2 cm³/mol. The molecule has 0 saturated carbocycles. The molecule has 0 saturated heterocycles. The average molecular weight is 258 g/mol. The Morgan fingerprint density at radius 3 is 2.79 bits per heavy atom. The van der Waals surface area contributed by atoms with Crippen molar-refractivity contribution in [1.29, 1.82) is 0 Å². The third kappa shape index (κ3) is 3.16. The summed E-state index contributed by atoms with van der Waals surface area (Å²) < 4.78 is 13.4. The average Bonchev–Trinajstić information content (AvgIpc) is 2.38. The normalized spacial score (nSPS) is 10.3. The summed E-state index contributed by atoms with van der Waals surface area (Å²) in [6.07, 6.45) is 1.33. The van der Waals surface area contributed by atoms with Crippen molar-refractivity contribution in [3.8, 4) is 0 Å². The third-order valence-electron chi connectivity index (χ3n) is 2.84. The zero-order valence-electron chi connectivity index (χ0n) is 10.9. The molecule has 1 aromatic carbocycles. The molecule has 4 heteroatoms. The van der Waals surface area contributed by atoms with Crippen molar-refractivity contribution >= 4 is 5.91 Å². The van der Waals surface area contributed by atoms with Crippen LogP contribution in [-0.2, 0) is 6.54 Å². The second-order valence-electron chi connectivity index (χ2n) is 4.49. The van der Waals surface area contributed by atoms with Crippen LogP contribution in [0.4, 0.5) is 4.39 Å². The van der Waals surface area contributed by atoms with E-state index in [2.05, 4.69) is 4.98 Å². The zero-order chi connectivity index (χ0) is 13.8. The van der Waals surface area contributed by atoms with Crippen LogP contribution < -0.4 is 0 Å². The fourth-order valence-electron chi connectivity index (χ4n) is 1.91. The molecular weight excluding hydrogens is 243 g/mol. The van der Waals surface area contributed by atoms with Crippen LogP contribution in [0.5, 0.6) is 0 Å². The Labute approximate surface area is 111 Å². The van der Waals surface area contributed by atoms with Gasteiger partial charge in [0.05, 0.1) is 5.56 Å². The first-order valence-corrected chi connectivity index (χ1v) is 5.99. The van der Waals surface area contributed by atoms with Gasteiger partial charge in [-0.05, 0) is 24.6 Å². The lowest BCUT2D eigenvalue weighted by atomic mass is 10.1. The lowest BCUT2D eigenvalue weighted by Gasteiger charge is -2.17. The highest BCUT2D eigenvalue weighted by Gasteiger charge is 2.16. The number of pyridine rings is 1.